The molecule has 0 heterocycles. The zero-order valence-electron chi connectivity index (χ0n) is 6.07. The first-order chi connectivity index (χ1) is 5.55. The average Bonchev–Trinajstić information content (AvgIpc) is 2.06. The molecule has 0 amide bonds. The van der Waals surface area contributed by atoms with E-state index in [1.165, 1.54) is 12.1 Å². The van der Waals surface area contributed by atoms with Crippen LogP contribution < -0.4 is 0 Å². The van der Waals surface area contributed by atoms with E-state index >= 15 is 0 Å². The first-order valence-corrected chi connectivity index (χ1v) is 3.63. The van der Waals surface area contributed by atoms with Crippen molar-refractivity contribution in [2.75, 3.05) is 0 Å². The Morgan fingerprint density at radius 2 is 1.83 bits per heavy atom. The number of carbonyl (C=O) groups is 1. The van der Waals surface area contributed by atoms with Crippen LogP contribution in [-0.2, 0) is 9.85 Å². The quantitative estimate of drug-likeness (QED) is 0.682. The van der Waals surface area contributed by atoms with Crippen molar-refractivity contribution in [2.45, 2.75) is 5.06 Å². The average molecular weight is 187 g/mol. The van der Waals surface area contributed by atoms with E-state index in [2.05, 4.69) is 0 Å². The molecule has 0 spiro atoms. The smallest absolute Gasteiger partial charge is 0.356 e. The zero-order chi connectivity index (χ0) is 9.19. The Bertz CT molecular complexity index is 282. The van der Waals surface area contributed by atoms with Crippen LogP contribution in [0.2, 0.25) is 0 Å². The van der Waals surface area contributed by atoms with Crippen molar-refractivity contribution in [1.82, 2.24) is 0 Å². The van der Waals surface area contributed by atoms with E-state index < -0.39 is 11.0 Å². The van der Waals surface area contributed by atoms with Gasteiger partial charge in [0.1, 0.15) is 0 Å². The molecule has 0 aromatic heterocycles. The van der Waals surface area contributed by atoms with Gasteiger partial charge in [0.25, 0.3) is 5.06 Å². The van der Waals surface area contributed by atoms with Gasteiger partial charge in [0.2, 0.25) is 0 Å². The van der Waals surface area contributed by atoms with Crippen molar-refractivity contribution in [3.8, 4) is 0 Å². The normalized spacial score (nSPS) is 15.2. The van der Waals surface area contributed by atoms with Gasteiger partial charge in [0.05, 0.1) is 0 Å². The maximum Gasteiger partial charge on any atom is 0.356 e. The van der Waals surface area contributed by atoms with E-state index in [4.69, 9.17) is 16.7 Å². The standard InChI is InChI=1S/C8H7ClO3/c9-8(12,7(10)11)6-4-2-1-3-5-6/h1-5,12H,(H,10,11)/t8-/m1/s1. The number of benzene rings is 1. The molecule has 0 aliphatic heterocycles. The largest absolute Gasteiger partial charge is 0.478 e. The molecule has 2 N–H and O–H groups in total. The van der Waals surface area contributed by atoms with Gasteiger partial charge in [-0.15, -0.1) is 0 Å². The minimum atomic E-state index is -2.32. The molecule has 0 unspecified atom stereocenters. The molecule has 0 saturated heterocycles. The molecular formula is C8H7ClO3. The minimum absolute atomic E-state index is 0.152. The van der Waals surface area contributed by atoms with E-state index in [9.17, 15) is 9.90 Å². The zero-order valence-corrected chi connectivity index (χ0v) is 6.82. The van der Waals surface area contributed by atoms with Gasteiger partial charge in [0.15, 0.2) is 0 Å². The lowest BCUT2D eigenvalue weighted by molar-refractivity contribution is -0.150. The Morgan fingerprint density at radius 1 is 1.33 bits per heavy atom. The molecule has 1 rings (SSSR count). The van der Waals surface area contributed by atoms with E-state index in [-0.39, 0.29) is 5.56 Å². The summed E-state index contributed by atoms with van der Waals surface area (Å²) in [7, 11) is 0. The summed E-state index contributed by atoms with van der Waals surface area (Å²) in [6, 6.07) is 7.80. The summed E-state index contributed by atoms with van der Waals surface area (Å²) in [5, 5.41) is 15.4. The van der Waals surface area contributed by atoms with Crippen LogP contribution in [0.3, 0.4) is 0 Å². The Kier molecular flexibility index (Phi) is 2.35. The summed E-state index contributed by atoms with van der Waals surface area (Å²) in [6.45, 7) is 0. The Hall–Kier alpha value is -1.06. The highest BCUT2D eigenvalue weighted by molar-refractivity contribution is 6.32. The molecule has 1 aromatic rings. The number of carboxylic acid groups (broad SMARTS) is 1. The number of hydrogen-bond donors (Lipinski definition) is 2. The summed E-state index contributed by atoms with van der Waals surface area (Å²) in [5.74, 6) is -1.48. The number of aliphatic carboxylic acids is 1. The lowest BCUT2D eigenvalue weighted by atomic mass is 10.1. The highest BCUT2D eigenvalue weighted by Crippen LogP contribution is 2.25. The van der Waals surface area contributed by atoms with Crippen molar-refractivity contribution < 1.29 is 15.0 Å². The molecule has 0 saturated carbocycles. The number of hydrogen-bond acceptors (Lipinski definition) is 2. The molecule has 1 atom stereocenters. The second kappa shape index (κ2) is 3.13. The van der Waals surface area contributed by atoms with E-state index in [1.807, 2.05) is 0 Å². The maximum absolute atomic E-state index is 10.4. The Balaban J connectivity index is 3.06. The van der Waals surface area contributed by atoms with Crippen LogP contribution in [0.15, 0.2) is 30.3 Å². The topological polar surface area (TPSA) is 57.5 Å². The Labute approximate surface area is 74.2 Å². The fraction of sp³-hybridized carbons (Fsp3) is 0.125. The summed E-state index contributed by atoms with van der Waals surface area (Å²) in [5.41, 5.74) is 0.152. The van der Waals surface area contributed by atoms with Gasteiger partial charge < -0.3 is 10.2 Å². The summed E-state index contributed by atoms with van der Waals surface area (Å²) >= 11 is 5.35. The molecule has 1 aromatic carbocycles. The molecule has 12 heavy (non-hydrogen) atoms. The van der Waals surface area contributed by atoms with Gasteiger partial charge in [-0.3, -0.25) is 0 Å². The van der Waals surface area contributed by atoms with Gasteiger partial charge in [-0.2, -0.15) is 0 Å². The number of rotatable bonds is 2. The van der Waals surface area contributed by atoms with Crippen LogP contribution >= 0.6 is 11.6 Å². The fourth-order valence-electron chi connectivity index (χ4n) is 0.782. The first kappa shape index (κ1) is 9.03. The molecule has 0 radical (unpaired) electrons. The first-order valence-electron chi connectivity index (χ1n) is 3.25. The number of alkyl halides is 1. The number of carboxylic acids is 1. The van der Waals surface area contributed by atoms with Crippen LogP contribution in [0.4, 0.5) is 0 Å². The van der Waals surface area contributed by atoms with Gasteiger partial charge in [-0.05, 0) is 0 Å². The van der Waals surface area contributed by atoms with Crippen molar-refractivity contribution in [1.29, 1.82) is 0 Å². The third kappa shape index (κ3) is 1.57. The monoisotopic (exact) mass is 186 g/mol. The number of halogens is 1. The predicted octanol–water partition coefficient (Wildman–Crippen LogP) is 1.16. The van der Waals surface area contributed by atoms with Crippen LogP contribution in [0.5, 0.6) is 0 Å². The van der Waals surface area contributed by atoms with Crippen LogP contribution in [0.1, 0.15) is 5.56 Å². The SMILES string of the molecule is O=C(O)[C@@](O)(Cl)c1ccccc1. The minimum Gasteiger partial charge on any atom is -0.478 e. The van der Waals surface area contributed by atoms with Crippen LogP contribution in [0, 0.1) is 0 Å². The van der Waals surface area contributed by atoms with Gasteiger partial charge in [-0.1, -0.05) is 41.9 Å². The summed E-state index contributed by atoms with van der Waals surface area (Å²) in [6.07, 6.45) is 0. The molecule has 64 valence electrons. The molecule has 0 aliphatic carbocycles. The lowest BCUT2D eigenvalue weighted by Crippen LogP contribution is -2.28. The van der Waals surface area contributed by atoms with Gasteiger partial charge >= 0.3 is 5.97 Å². The van der Waals surface area contributed by atoms with E-state index in [1.54, 1.807) is 18.2 Å². The van der Waals surface area contributed by atoms with Crippen molar-refractivity contribution in [3.05, 3.63) is 35.9 Å². The molecule has 4 heteroatoms. The highest BCUT2D eigenvalue weighted by Gasteiger charge is 2.35. The van der Waals surface area contributed by atoms with Crippen molar-refractivity contribution in [3.63, 3.8) is 0 Å². The third-order valence-corrected chi connectivity index (χ3v) is 1.82. The molecule has 0 fully saturated rings. The van der Waals surface area contributed by atoms with Crippen LogP contribution in [-0.4, -0.2) is 16.2 Å². The second-order valence-electron chi connectivity index (χ2n) is 2.29. The van der Waals surface area contributed by atoms with E-state index in [0.717, 1.165) is 0 Å². The van der Waals surface area contributed by atoms with Gasteiger partial charge in [0, 0.05) is 5.56 Å². The highest BCUT2D eigenvalue weighted by atomic mass is 35.5. The maximum atomic E-state index is 10.4. The summed E-state index contributed by atoms with van der Waals surface area (Å²) in [4.78, 5) is 10.4. The van der Waals surface area contributed by atoms with Crippen molar-refractivity contribution >= 4 is 17.6 Å². The molecule has 0 aliphatic rings. The molecular weight excluding hydrogens is 180 g/mol. The third-order valence-electron chi connectivity index (χ3n) is 1.44. The van der Waals surface area contributed by atoms with E-state index in [0.29, 0.717) is 0 Å². The second-order valence-corrected chi connectivity index (χ2v) is 2.84. The van der Waals surface area contributed by atoms with Gasteiger partial charge in [-0.25, -0.2) is 4.79 Å². The molecule has 0 bridgehead atoms. The van der Waals surface area contributed by atoms with Crippen molar-refractivity contribution in [2.24, 2.45) is 0 Å². The fourth-order valence-corrected chi connectivity index (χ4v) is 0.908. The summed E-state index contributed by atoms with van der Waals surface area (Å²) < 4.78 is 0. The van der Waals surface area contributed by atoms with Crippen LogP contribution in [0.25, 0.3) is 0 Å². The molecule has 3 nitrogen and oxygen atoms in total. The lowest BCUT2D eigenvalue weighted by Gasteiger charge is -2.14. The predicted molar refractivity (Wildman–Crippen MR) is 43.8 cm³/mol. The Morgan fingerprint density at radius 3 is 2.25 bits per heavy atom. The number of aliphatic hydroxyl groups is 1.